The van der Waals surface area contributed by atoms with Gasteiger partial charge in [-0.2, -0.15) is 0 Å². The zero-order valence-corrected chi connectivity index (χ0v) is 10.4. The Kier molecular flexibility index (Phi) is 4.82. The van der Waals surface area contributed by atoms with E-state index in [1.54, 1.807) is 11.3 Å². The molecule has 0 fully saturated rings. The topological polar surface area (TPSA) is 55.1 Å². The number of nitrogens with one attached hydrogen (secondary N) is 1. The number of terminal acetylenes is 1. The van der Waals surface area contributed by atoms with Crippen LogP contribution in [0.25, 0.3) is 0 Å². The van der Waals surface area contributed by atoms with E-state index in [1.165, 1.54) is 0 Å². The van der Waals surface area contributed by atoms with E-state index in [2.05, 4.69) is 27.2 Å². The van der Waals surface area contributed by atoms with Crippen LogP contribution >= 0.6 is 27.3 Å². The normalized spacial score (nSPS) is 11.8. The van der Waals surface area contributed by atoms with E-state index in [9.17, 15) is 4.79 Å². The largest absolute Gasteiger partial charge is 0.350 e. The molecule has 0 aromatic carbocycles. The van der Waals surface area contributed by atoms with Crippen LogP contribution in [0.4, 0.5) is 0 Å². The molecule has 0 bridgehead atoms. The van der Waals surface area contributed by atoms with Crippen molar-refractivity contribution in [3.8, 4) is 12.3 Å². The van der Waals surface area contributed by atoms with E-state index >= 15 is 0 Å². The smallest absolute Gasteiger partial charge is 0.238 e. The van der Waals surface area contributed by atoms with E-state index in [-0.39, 0.29) is 12.3 Å². The number of hydrogen-bond donors (Lipinski definition) is 2. The molecule has 1 aromatic rings. The summed E-state index contributed by atoms with van der Waals surface area (Å²) >= 11 is 4.92. The maximum Gasteiger partial charge on any atom is 0.238 e. The highest BCUT2D eigenvalue weighted by molar-refractivity contribution is 9.11. The van der Waals surface area contributed by atoms with Gasteiger partial charge in [-0.1, -0.05) is 0 Å². The van der Waals surface area contributed by atoms with Gasteiger partial charge in [0, 0.05) is 11.3 Å². The standard InChI is InChI=1S/C10H11BrN2OS/c1-2-3-8(12)10(14)13-6-7-4-5-9(11)15-7/h1,4-5,8H,3,6,12H2,(H,13,14). The average Bonchev–Trinajstić information content (AvgIpc) is 2.61. The molecule has 0 aliphatic heterocycles. The highest BCUT2D eigenvalue weighted by Gasteiger charge is 2.11. The van der Waals surface area contributed by atoms with Gasteiger partial charge in [0.05, 0.1) is 16.4 Å². The molecule has 1 unspecified atom stereocenters. The fourth-order valence-corrected chi connectivity index (χ4v) is 2.39. The van der Waals surface area contributed by atoms with Crippen LogP contribution in [0.1, 0.15) is 11.3 Å². The van der Waals surface area contributed by atoms with E-state index in [1.807, 2.05) is 12.1 Å². The minimum absolute atomic E-state index is 0.211. The maximum absolute atomic E-state index is 11.4. The van der Waals surface area contributed by atoms with Gasteiger partial charge in [-0.15, -0.1) is 23.7 Å². The van der Waals surface area contributed by atoms with Crippen LogP contribution in [0.15, 0.2) is 15.9 Å². The van der Waals surface area contributed by atoms with Gasteiger partial charge in [0.15, 0.2) is 0 Å². The molecule has 1 heterocycles. The van der Waals surface area contributed by atoms with Gasteiger partial charge in [-0.25, -0.2) is 0 Å². The first-order chi connectivity index (χ1) is 7.13. The van der Waals surface area contributed by atoms with Crippen molar-refractivity contribution in [2.45, 2.75) is 19.0 Å². The van der Waals surface area contributed by atoms with Gasteiger partial charge in [-0.05, 0) is 28.1 Å². The Morgan fingerprint density at radius 1 is 1.73 bits per heavy atom. The van der Waals surface area contributed by atoms with Crippen molar-refractivity contribution in [3.63, 3.8) is 0 Å². The SMILES string of the molecule is C#CCC(N)C(=O)NCc1ccc(Br)s1. The Morgan fingerprint density at radius 2 is 2.47 bits per heavy atom. The van der Waals surface area contributed by atoms with Gasteiger partial charge in [-0.3, -0.25) is 4.79 Å². The van der Waals surface area contributed by atoms with Gasteiger partial charge < -0.3 is 11.1 Å². The lowest BCUT2D eigenvalue weighted by Gasteiger charge is -2.08. The quantitative estimate of drug-likeness (QED) is 0.824. The van der Waals surface area contributed by atoms with Crippen molar-refractivity contribution < 1.29 is 4.79 Å². The number of amides is 1. The van der Waals surface area contributed by atoms with Crippen molar-refractivity contribution in [2.24, 2.45) is 5.73 Å². The lowest BCUT2D eigenvalue weighted by atomic mass is 10.2. The summed E-state index contributed by atoms with van der Waals surface area (Å²) in [7, 11) is 0. The van der Waals surface area contributed by atoms with Crippen LogP contribution in [-0.4, -0.2) is 11.9 Å². The third-order valence-electron chi connectivity index (χ3n) is 1.74. The summed E-state index contributed by atoms with van der Waals surface area (Å²) in [5, 5.41) is 2.73. The van der Waals surface area contributed by atoms with Gasteiger partial charge in [0.25, 0.3) is 0 Å². The molecule has 0 saturated heterocycles. The van der Waals surface area contributed by atoms with Crippen LogP contribution in [0.2, 0.25) is 0 Å². The molecule has 1 amide bonds. The Balaban J connectivity index is 2.38. The molecule has 80 valence electrons. The van der Waals surface area contributed by atoms with E-state index < -0.39 is 6.04 Å². The monoisotopic (exact) mass is 286 g/mol. The molecule has 5 heteroatoms. The third kappa shape index (κ3) is 4.04. The first kappa shape index (κ1) is 12.2. The number of carbonyl (C=O) groups excluding carboxylic acids is 1. The zero-order chi connectivity index (χ0) is 11.3. The van der Waals surface area contributed by atoms with Gasteiger partial charge in [0.2, 0.25) is 5.91 Å². The van der Waals surface area contributed by atoms with Gasteiger partial charge >= 0.3 is 0 Å². The first-order valence-corrected chi connectivity index (χ1v) is 5.95. The summed E-state index contributed by atoms with van der Waals surface area (Å²) in [5.41, 5.74) is 5.54. The molecule has 3 N–H and O–H groups in total. The van der Waals surface area contributed by atoms with E-state index in [4.69, 9.17) is 12.2 Å². The summed E-state index contributed by atoms with van der Waals surface area (Å²) < 4.78 is 1.04. The minimum Gasteiger partial charge on any atom is -0.350 e. The molecule has 0 aliphatic rings. The molecular formula is C10H11BrN2OS. The predicted octanol–water partition coefficient (Wildman–Crippen LogP) is 1.48. The third-order valence-corrected chi connectivity index (χ3v) is 3.36. The molecule has 1 aromatic heterocycles. The van der Waals surface area contributed by atoms with Gasteiger partial charge in [0.1, 0.15) is 0 Å². The van der Waals surface area contributed by atoms with E-state index in [0.717, 1.165) is 8.66 Å². The molecule has 1 rings (SSSR count). The lowest BCUT2D eigenvalue weighted by molar-refractivity contribution is -0.122. The number of carbonyl (C=O) groups is 1. The molecule has 0 radical (unpaired) electrons. The number of nitrogens with two attached hydrogens (primary N) is 1. The Bertz CT molecular complexity index is 383. The number of thiophene rings is 1. The van der Waals surface area contributed by atoms with Crippen LogP contribution < -0.4 is 11.1 Å². The number of halogens is 1. The fourth-order valence-electron chi connectivity index (χ4n) is 0.972. The van der Waals surface area contributed by atoms with Crippen molar-refractivity contribution in [1.82, 2.24) is 5.32 Å². The van der Waals surface area contributed by atoms with Crippen molar-refractivity contribution in [2.75, 3.05) is 0 Å². The van der Waals surface area contributed by atoms with Crippen molar-refractivity contribution in [1.29, 1.82) is 0 Å². The molecule has 1 atom stereocenters. The lowest BCUT2D eigenvalue weighted by Crippen LogP contribution is -2.39. The summed E-state index contributed by atoms with van der Waals surface area (Å²) in [6.45, 7) is 0.493. The minimum atomic E-state index is -0.613. The zero-order valence-electron chi connectivity index (χ0n) is 8.00. The van der Waals surface area contributed by atoms with Crippen LogP contribution in [-0.2, 0) is 11.3 Å². The number of rotatable bonds is 4. The van der Waals surface area contributed by atoms with Crippen LogP contribution in [0, 0.1) is 12.3 Å². The van der Waals surface area contributed by atoms with Crippen molar-refractivity contribution >= 4 is 33.2 Å². The average molecular weight is 287 g/mol. The Labute approximate surface area is 101 Å². The Hall–Kier alpha value is -0.830. The highest BCUT2D eigenvalue weighted by Crippen LogP contribution is 2.21. The molecule has 0 spiro atoms. The summed E-state index contributed by atoms with van der Waals surface area (Å²) in [4.78, 5) is 12.4. The second-order valence-corrected chi connectivity index (χ2v) is 5.49. The molecule has 0 saturated carbocycles. The number of hydrogen-bond acceptors (Lipinski definition) is 3. The fraction of sp³-hybridized carbons (Fsp3) is 0.300. The first-order valence-electron chi connectivity index (χ1n) is 4.34. The van der Waals surface area contributed by atoms with Crippen LogP contribution in [0.5, 0.6) is 0 Å². The summed E-state index contributed by atoms with van der Waals surface area (Å²) in [6.07, 6.45) is 5.33. The summed E-state index contributed by atoms with van der Waals surface area (Å²) in [6, 6.07) is 3.27. The summed E-state index contributed by atoms with van der Waals surface area (Å²) in [5.74, 6) is 2.15. The highest BCUT2D eigenvalue weighted by atomic mass is 79.9. The molecule has 3 nitrogen and oxygen atoms in total. The van der Waals surface area contributed by atoms with E-state index in [0.29, 0.717) is 6.54 Å². The second-order valence-electron chi connectivity index (χ2n) is 2.94. The van der Waals surface area contributed by atoms with Crippen molar-refractivity contribution in [3.05, 3.63) is 20.8 Å². The maximum atomic E-state index is 11.4. The molecule has 0 aliphatic carbocycles. The molecular weight excluding hydrogens is 276 g/mol. The predicted molar refractivity (Wildman–Crippen MR) is 65.3 cm³/mol. The van der Waals surface area contributed by atoms with Crippen LogP contribution in [0.3, 0.4) is 0 Å². The Morgan fingerprint density at radius 3 is 3.00 bits per heavy atom. The second kappa shape index (κ2) is 5.91. The molecule has 15 heavy (non-hydrogen) atoms.